The van der Waals surface area contributed by atoms with Crippen molar-refractivity contribution < 1.29 is 4.74 Å². The van der Waals surface area contributed by atoms with Crippen LogP contribution in [0.2, 0.25) is 0 Å². The molecule has 0 amide bonds. The molecule has 0 spiro atoms. The summed E-state index contributed by atoms with van der Waals surface area (Å²) >= 11 is 0. The fourth-order valence-electron chi connectivity index (χ4n) is 1.58. The van der Waals surface area contributed by atoms with Crippen molar-refractivity contribution in [1.82, 2.24) is 5.32 Å². The Morgan fingerprint density at radius 1 is 1.55 bits per heavy atom. The minimum atomic E-state index is -0.0977. The van der Waals surface area contributed by atoms with Gasteiger partial charge in [0.05, 0.1) is 6.61 Å². The van der Waals surface area contributed by atoms with Crippen LogP contribution in [0.15, 0.2) is 0 Å². The largest absolute Gasteiger partial charge is 0.360 e. The molecule has 1 rings (SSSR count). The first-order valence-electron chi connectivity index (χ1n) is 4.41. The summed E-state index contributed by atoms with van der Waals surface area (Å²) in [5.74, 6) is 0.755. The zero-order valence-electron chi connectivity index (χ0n) is 7.98. The van der Waals surface area contributed by atoms with E-state index in [-0.39, 0.29) is 5.72 Å². The quantitative estimate of drug-likeness (QED) is 0.659. The molecule has 1 fully saturated rings. The van der Waals surface area contributed by atoms with E-state index in [4.69, 9.17) is 4.74 Å². The number of hydrogen-bond acceptors (Lipinski definition) is 2. The van der Waals surface area contributed by atoms with E-state index in [0.29, 0.717) is 6.04 Å². The maximum absolute atomic E-state index is 5.54. The van der Waals surface area contributed by atoms with Crippen molar-refractivity contribution in [1.29, 1.82) is 0 Å². The molecule has 0 aromatic heterocycles. The summed E-state index contributed by atoms with van der Waals surface area (Å²) in [6.07, 6.45) is 1.21. The highest BCUT2D eigenvalue weighted by Gasteiger charge is 2.30. The lowest BCUT2D eigenvalue weighted by Gasteiger charge is -2.18. The number of rotatable bonds is 2. The first-order valence-corrected chi connectivity index (χ1v) is 4.41. The zero-order valence-corrected chi connectivity index (χ0v) is 7.98. The van der Waals surface area contributed by atoms with E-state index < -0.39 is 0 Å². The van der Waals surface area contributed by atoms with E-state index in [1.165, 1.54) is 6.42 Å². The molecule has 1 aliphatic heterocycles. The van der Waals surface area contributed by atoms with Crippen LogP contribution in [-0.2, 0) is 4.74 Å². The Labute approximate surface area is 69.3 Å². The molecule has 0 bridgehead atoms. The van der Waals surface area contributed by atoms with Gasteiger partial charge in [-0.2, -0.15) is 0 Å². The Bertz CT molecular complexity index is 132. The van der Waals surface area contributed by atoms with E-state index in [0.717, 1.165) is 12.5 Å². The molecule has 0 radical (unpaired) electrons. The molecular formula is C9H19NO. The van der Waals surface area contributed by atoms with Gasteiger partial charge in [0.15, 0.2) is 0 Å². The van der Waals surface area contributed by atoms with Crippen LogP contribution in [0.5, 0.6) is 0 Å². The normalized spacial score (nSPS) is 29.7. The SMILES string of the molecule is CC(C)CC1COC(C)(C)N1. The highest BCUT2D eigenvalue weighted by atomic mass is 16.5. The van der Waals surface area contributed by atoms with E-state index >= 15 is 0 Å². The summed E-state index contributed by atoms with van der Waals surface area (Å²) in [5.41, 5.74) is -0.0977. The fraction of sp³-hybridized carbons (Fsp3) is 1.00. The van der Waals surface area contributed by atoms with Crippen molar-refractivity contribution in [3.05, 3.63) is 0 Å². The molecule has 1 heterocycles. The fourth-order valence-corrected chi connectivity index (χ4v) is 1.58. The topological polar surface area (TPSA) is 21.3 Å². The molecule has 66 valence electrons. The van der Waals surface area contributed by atoms with E-state index in [1.54, 1.807) is 0 Å². The lowest BCUT2D eigenvalue weighted by atomic mass is 10.0. The molecule has 2 heteroatoms. The Morgan fingerprint density at radius 2 is 2.18 bits per heavy atom. The smallest absolute Gasteiger partial charge is 0.113 e. The summed E-state index contributed by atoms with van der Waals surface area (Å²) in [4.78, 5) is 0. The molecule has 0 saturated carbocycles. The van der Waals surface area contributed by atoms with Gasteiger partial charge < -0.3 is 4.74 Å². The third-order valence-corrected chi connectivity index (χ3v) is 1.95. The second-order valence-electron chi connectivity index (χ2n) is 4.29. The Morgan fingerprint density at radius 3 is 2.55 bits per heavy atom. The average molecular weight is 157 g/mol. The maximum Gasteiger partial charge on any atom is 0.113 e. The lowest BCUT2D eigenvalue weighted by molar-refractivity contribution is 0.0231. The summed E-state index contributed by atoms with van der Waals surface area (Å²) in [6, 6.07) is 0.560. The molecule has 11 heavy (non-hydrogen) atoms. The Balaban J connectivity index is 2.31. The maximum atomic E-state index is 5.54. The van der Waals surface area contributed by atoms with Gasteiger partial charge in [0.25, 0.3) is 0 Å². The van der Waals surface area contributed by atoms with Crippen molar-refractivity contribution in [3.8, 4) is 0 Å². The highest BCUT2D eigenvalue weighted by molar-refractivity contribution is 4.82. The second-order valence-corrected chi connectivity index (χ2v) is 4.29. The summed E-state index contributed by atoms with van der Waals surface area (Å²) in [6.45, 7) is 9.51. The van der Waals surface area contributed by atoms with Crippen LogP contribution in [0.1, 0.15) is 34.1 Å². The Hall–Kier alpha value is -0.0800. The number of hydrogen-bond donors (Lipinski definition) is 1. The van der Waals surface area contributed by atoms with Gasteiger partial charge in [-0.1, -0.05) is 13.8 Å². The van der Waals surface area contributed by atoms with E-state index in [1.807, 2.05) is 0 Å². The molecule has 1 aliphatic rings. The zero-order chi connectivity index (χ0) is 8.48. The summed E-state index contributed by atoms with van der Waals surface area (Å²) in [5, 5.41) is 3.44. The van der Waals surface area contributed by atoms with Crippen molar-refractivity contribution in [3.63, 3.8) is 0 Å². The predicted octanol–water partition coefficient (Wildman–Crippen LogP) is 1.76. The molecule has 1 saturated heterocycles. The summed E-state index contributed by atoms with van der Waals surface area (Å²) in [7, 11) is 0. The van der Waals surface area contributed by atoms with Crippen LogP contribution >= 0.6 is 0 Å². The Kier molecular flexibility index (Phi) is 2.55. The van der Waals surface area contributed by atoms with Gasteiger partial charge in [-0.25, -0.2) is 0 Å². The van der Waals surface area contributed by atoms with Crippen molar-refractivity contribution in [2.24, 2.45) is 5.92 Å². The minimum Gasteiger partial charge on any atom is -0.360 e. The van der Waals surface area contributed by atoms with Crippen LogP contribution in [0, 0.1) is 5.92 Å². The number of ether oxygens (including phenoxy) is 1. The molecular weight excluding hydrogens is 138 g/mol. The predicted molar refractivity (Wildman–Crippen MR) is 46.4 cm³/mol. The highest BCUT2D eigenvalue weighted by Crippen LogP contribution is 2.18. The van der Waals surface area contributed by atoms with Gasteiger partial charge in [0.2, 0.25) is 0 Å². The third kappa shape index (κ3) is 2.80. The molecule has 0 aliphatic carbocycles. The third-order valence-electron chi connectivity index (χ3n) is 1.95. The van der Waals surface area contributed by atoms with Gasteiger partial charge in [0, 0.05) is 6.04 Å². The standard InChI is InChI=1S/C9H19NO/c1-7(2)5-8-6-11-9(3,4)10-8/h7-8,10H,5-6H2,1-4H3. The van der Waals surface area contributed by atoms with Crippen LogP contribution in [-0.4, -0.2) is 18.4 Å². The average Bonchev–Trinajstić information content (AvgIpc) is 2.08. The van der Waals surface area contributed by atoms with Crippen LogP contribution in [0.4, 0.5) is 0 Å². The lowest BCUT2D eigenvalue weighted by Crippen LogP contribution is -2.38. The number of nitrogens with one attached hydrogen (secondary N) is 1. The van der Waals surface area contributed by atoms with E-state index in [2.05, 4.69) is 33.0 Å². The molecule has 1 N–H and O–H groups in total. The van der Waals surface area contributed by atoms with E-state index in [9.17, 15) is 0 Å². The molecule has 1 atom stereocenters. The minimum absolute atomic E-state index is 0.0977. The second kappa shape index (κ2) is 3.11. The first-order chi connectivity index (χ1) is 4.99. The van der Waals surface area contributed by atoms with Gasteiger partial charge >= 0.3 is 0 Å². The van der Waals surface area contributed by atoms with Crippen LogP contribution in [0.25, 0.3) is 0 Å². The molecule has 2 nitrogen and oxygen atoms in total. The van der Waals surface area contributed by atoms with Crippen LogP contribution in [0.3, 0.4) is 0 Å². The molecule has 0 aromatic carbocycles. The first kappa shape index (κ1) is 9.01. The van der Waals surface area contributed by atoms with Gasteiger partial charge in [-0.05, 0) is 26.2 Å². The van der Waals surface area contributed by atoms with Crippen molar-refractivity contribution >= 4 is 0 Å². The van der Waals surface area contributed by atoms with Gasteiger partial charge in [-0.15, -0.1) is 0 Å². The van der Waals surface area contributed by atoms with Gasteiger partial charge in [-0.3, -0.25) is 5.32 Å². The van der Waals surface area contributed by atoms with Crippen molar-refractivity contribution in [2.75, 3.05) is 6.61 Å². The van der Waals surface area contributed by atoms with Crippen molar-refractivity contribution in [2.45, 2.75) is 45.9 Å². The molecule has 0 aromatic rings. The van der Waals surface area contributed by atoms with Crippen LogP contribution < -0.4 is 5.32 Å². The van der Waals surface area contributed by atoms with Gasteiger partial charge in [0.1, 0.15) is 5.72 Å². The molecule has 1 unspecified atom stereocenters. The summed E-state index contributed by atoms with van der Waals surface area (Å²) < 4.78 is 5.54. The monoisotopic (exact) mass is 157 g/mol.